The summed E-state index contributed by atoms with van der Waals surface area (Å²) in [4.78, 5) is 10.2. The molecule has 4 heteroatoms. The monoisotopic (exact) mass is 158 g/mol. The predicted molar refractivity (Wildman–Crippen MR) is 42.1 cm³/mol. The second kappa shape index (κ2) is 3.67. The molecule has 4 nitrogen and oxygen atoms in total. The molecular weight excluding hydrogens is 144 g/mol. The van der Waals surface area contributed by atoms with Gasteiger partial charge in [0, 0.05) is 17.8 Å². The first-order valence-electron chi connectivity index (χ1n) is 4.06. The molecule has 1 aliphatic rings. The first-order valence-corrected chi connectivity index (χ1v) is 4.06. The zero-order chi connectivity index (χ0) is 8.27. The van der Waals surface area contributed by atoms with Crippen molar-refractivity contribution in [3.8, 4) is 0 Å². The van der Waals surface area contributed by atoms with Crippen molar-refractivity contribution in [2.75, 3.05) is 13.1 Å². The van der Waals surface area contributed by atoms with Crippen molar-refractivity contribution in [1.82, 2.24) is 5.32 Å². The molecule has 64 valence electrons. The lowest BCUT2D eigenvalue weighted by molar-refractivity contribution is -0.528. The zero-order valence-corrected chi connectivity index (χ0v) is 6.75. The van der Waals surface area contributed by atoms with Gasteiger partial charge in [0.2, 0.25) is 6.04 Å². The van der Waals surface area contributed by atoms with Crippen LogP contribution in [0, 0.1) is 16.0 Å². The molecule has 0 amide bonds. The van der Waals surface area contributed by atoms with Gasteiger partial charge in [-0.3, -0.25) is 10.1 Å². The van der Waals surface area contributed by atoms with Gasteiger partial charge < -0.3 is 5.32 Å². The van der Waals surface area contributed by atoms with E-state index < -0.39 is 0 Å². The van der Waals surface area contributed by atoms with Crippen molar-refractivity contribution in [1.29, 1.82) is 0 Å². The summed E-state index contributed by atoms with van der Waals surface area (Å²) >= 11 is 0. The molecule has 0 aromatic carbocycles. The lowest BCUT2D eigenvalue weighted by Gasteiger charge is -2.22. The van der Waals surface area contributed by atoms with Crippen LogP contribution in [0.25, 0.3) is 0 Å². The van der Waals surface area contributed by atoms with Crippen LogP contribution in [0.2, 0.25) is 0 Å². The number of nitrogens with zero attached hydrogens (tertiary/aromatic N) is 1. The van der Waals surface area contributed by atoms with E-state index in [4.69, 9.17) is 0 Å². The van der Waals surface area contributed by atoms with Crippen molar-refractivity contribution in [3.05, 3.63) is 10.1 Å². The fourth-order valence-corrected chi connectivity index (χ4v) is 1.50. The van der Waals surface area contributed by atoms with Gasteiger partial charge >= 0.3 is 0 Å². The average molecular weight is 158 g/mol. The number of rotatable bonds is 2. The summed E-state index contributed by atoms with van der Waals surface area (Å²) in [6, 6.07) is -0.364. The van der Waals surface area contributed by atoms with Gasteiger partial charge in [0.25, 0.3) is 0 Å². The van der Waals surface area contributed by atoms with E-state index in [0.29, 0.717) is 0 Å². The largest absolute Gasteiger partial charge is 0.317 e. The molecule has 0 aromatic rings. The van der Waals surface area contributed by atoms with Gasteiger partial charge in [0.1, 0.15) is 0 Å². The fraction of sp³-hybridized carbons (Fsp3) is 1.00. The maximum absolute atomic E-state index is 10.4. The molecule has 1 heterocycles. The smallest absolute Gasteiger partial charge is 0.213 e. The van der Waals surface area contributed by atoms with Gasteiger partial charge in [-0.15, -0.1) is 0 Å². The maximum Gasteiger partial charge on any atom is 0.213 e. The first kappa shape index (κ1) is 8.46. The van der Waals surface area contributed by atoms with Crippen LogP contribution in [0.3, 0.4) is 0 Å². The van der Waals surface area contributed by atoms with E-state index in [1.54, 1.807) is 6.92 Å². The molecule has 1 saturated heterocycles. The topological polar surface area (TPSA) is 55.2 Å². The number of hydrogen-bond acceptors (Lipinski definition) is 3. The van der Waals surface area contributed by atoms with E-state index in [-0.39, 0.29) is 16.9 Å². The van der Waals surface area contributed by atoms with Crippen LogP contribution >= 0.6 is 0 Å². The molecule has 0 aromatic heterocycles. The number of hydrogen-bond donors (Lipinski definition) is 1. The van der Waals surface area contributed by atoms with Gasteiger partial charge in [0.05, 0.1) is 0 Å². The molecule has 0 radical (unpaired) electrons. The first-order chi connectivity index (χ1) is 5.22. The Labute approximate surface area is 66.1 Å². The molecule has 1 N–H and O–H groups in total. The van der Waals surface area contributed by atoms with Crippen molar-refractivity contribution in [2.24, 2.45) is 5.92 Å². The predicted octanol–water partition coefficient (Wildman–Crippen LogP) is 0.651. The number of nitro groups is 1. The SMILES string of the molecule is CC(C1CCNCC1)[N+](=O)[O-]. The van der Waals surface area contributed by atoms with Crippen LogP contribution < -0.4 is 5.32 Å². The summed E-state index contributed by atoms with van der Waals surface area (Å²) in [6.45, 7) is 3.57. The van der Waals surface area contributed by atoms with Crippen LogP contribution in [-0.4, -0.2) is 24.1 Å². The summed E-state index contributed by atoms with van der Waals surface area (Å²) in [5.74, 6) is 0.284. The van der Waals surface area contributed by atoms with E-state index in [0.717, 1.165) is 25.9 Å². The quantitative estimate of drug-likeness (QED) is 0.474. The highest BCUT2D eigenvalue weighted by atomic mass is 16.6. The average Bonchev–Trinajstić information content (AvgIpc) is 2.05. The maximum atomic E-state index is 10.4. The van der Waals surface area contributed by atoms with Crippen LogP contribution in [0.1, 0.15) is 19.8 Å². The van der Waals surface area contributed by atoms with Crippen LogP contribution in [0.5, 0.6) is 0 Å². The Kier molecular flexibility index (Phi) is 2.82. The highest BCUT2D eigenvalue weighted by molar-refractivity contribution is 4.72. The fourth-order valence-electron chi connectivity index (χ4n) is 1.50. The normalized spacial score (nSPS) is 23.0. The van der Waals surface area contributed by atoms with Gasteiger partial charge in [-0.25, -0.2) is 0 Å². The van der Waals surface area contributed by atoms with Gasteiger partial charge in [0.15, 0.2) is 0 Å². The third-order valence-electron chi connectivity index (χ3n) is 2.40. The highest BCUT2D eigenvalue weighted by Crippen LogP contribution is 2.17. The second-order valence-electron chi connectivity index (χ2n) is 3.11. The Hall–Kier alpha value is -0.640. The van der Waals surface area contributed by atoms with Crippen molar-refractivity contribution < 1.29 is 4.92 Å². The summed E-state index contributed by atoms with van der Waals surface area (Å²) in [5, 5.41) is 13.6. The Morgan fingerprint density at radius 2 is 2.09 bits per heavy atom. The lowest BCUT2D eigenvalue weighted by Crippen LogP contribution is -2.36. The van der Waals surface area contributed by atoms with Crippen molar-refractivity contribution in [3.63, 3.8) is 0 Å². The summed E-state index contributed by atoms with van der Waals surface area (Å²) in [7, 11) is 0. The molecule has 0 saturated carbocycles. The molecule has 11 heavy (non-hydrogen) atoms. The third kappa shape index (κ3) is 2.15. The molecule has 1 aliphatic heterocycles. The van der Waals surface area contributed by atoms with Crippen LogP contribution in [0.15, 0.2) is 0 Å². The van der Waals surface area contributed by atoms with Crippen molar-refractivity contribution >= 4 is 0 Å². The van der Waals surface area contributed by atoms with Gasteiger partial charge in [-0.1, -0.05) is 0 Å². The molecule has 1 fully saturated rings. The molecule has 0 aliphatic carbocycles. The molecular formula is C7H14N2O2. The number of piperidine rings is 1. The Morgan fingerprint density at radius 1 is 1.55 bits per heavy atom. The van der Waals surface area contributed by atoms with E-state index in [1.165, 1.54) is 0 Å². The Morgan fingerprint density at radius 3 is 2.55 bits per heavy atom. The summed E-state index contributed by atoms with van der Waals surface area (Å²) in [5.41, 5.74) is 0. The molecule has 0 bridgehead atoms. The minimum Gasteiger partial charge on any atom is -0.317 e. The zero-order valence-electron chi connectivity index (χ0n) is 6.75. The lowest BCUT2D eigenvalue weighted by atomic mass is 9.92. The summed E-state index contributed by atoms with van der Waals surface area (Å²) < 4.78 is 0. The van der Waals surface area contributed by atoms with Crippen LogP contribution in [-0.2, 0) is 0 Å². The summed E-state index contributed by atoms with van der Waals surface area (Å²) in [6.07, 6.45) is 1.89. The molecule has 0 spiro atoms. The van der Waals surface area contributed by atoms with E-state index >= 15 is 0 Å². The van der Waals surface area contributed by atoms with Crippen molar-refractivity contribution in [2.45, 2.75) is 25.8 Å². The minimum atomic E-state index is -0.364. The van der Waals surface area contributed by atoms with E-state index in [2.05, 4.69) is 5.32 Å². The van der Waals surface area contributed by atoms with Gasteiger partial charge in [-0.05, 0) is 25.9 Å². The van der Waals surface area contributed by atoms with Crippen LogP contribution in [0.4, 0.5) is 0 Å². The standard InChI is InChI=1S/C7H14N2O2/c1-6(9(10)11)7-2-4-8-5-3-7/h6-8H,2-5H2,1H3. The second-order valence-corrected chi connectivity index (χ2v) is 3.11. The van der Waals surface area contributed by atoms with E-state index in [1.807, 2.05) is 0 Å². The number of nitrogens with one attached hydrogen (secondary N) is 1. The highest BCUT2D eigenvalue weighted by Gasteiger charge is 2.27. The molecule has 1 atom stereocenters. The Balaban J connectivity index is 2.38. The van der Waals surface area contributed by atoms with Gasteiger partial charge in [-0.2, -0.15) is 0 Å². The molecule has 1 rings (SSSR count). The third-order valence-corrected chi connectivity index (χ3v) is 2.40. The Bertz CT molecular complexity index is 143. The molecule has 1 unspecified atom stereocenters. The minimum absolute atomic E-state index is 0.171. The van der Waals surface area contributed by atoms with E-state index in [9.17, 15) is 10.1 Å².